The summed E-state index contributed by atoms with van der Waals surface area (Å²) in [6.45, 7) is 9.16. The molecular weight excluding hydrogens is 508 g/mol. The third-order valence-corrected chi connectivity index (χ3v) is 9.20. The van der Waals surface area contributed by atoms with Gasteiger partial charge in [0.05, 0.1) is 19.5 Å². The molecule has 0 amide bonds. The van der Waals surface area contributed by atoms with Crippen molar-refractivity contribution in [1.82, 2.24) is 4.57 Å². The van der Waals surface area contributed by atoms with Gasteiger partial charge in [-0.1, -0.05) is 171 Å². The molecule has 0 saturated heterocycles. The third kappa shape index (κ3) is 12.9. The zero-order chi connectivity index (χ0) is 29.7. The molecule has 0 aliphatic carbocycles. The van der Waals surface area contributed by atoms with E-state index in [1.165, 1.54) is 132 Å². The molecule has 2 nitrogen and oxygen atoms in total. The molecule has 2 heteroatoms. The lowest BCUT2D eigenvalue weighted by Crippen LogP contribution is -2.37. The fourth-order valence-electron chi connectivity index (χ4n) is 6.58. The van der Waals surface area contributed by atoms with Gasteiger partial charge in [-0.2, -0.15) is 0 Å². The molecule has 0 radical (unpaired) electrons. The molecule has 1 atom stereocenters. The summed E-state index contributed by atoms with van der Waals surface area (Å²) < 4.78 is 5.19. The van der Waals surface area contributed by atoms with E-state index in [2.05, 4.69) is 96.8 Å². The SMILES string of the molecule is CCCCCCCCCCCCCCCCCCC[n+]1cc(CC(C)c2ccccc2)n(CC)c1Cc1ccccc1. The van der Waals surface area contributed by atoms with Gasteiger partial charge in [-0.25, -0.2) is 9.13 Å². The fourth-order valence-corrected chi connectivity index (χ4v) is 6.58. The molecule has 0 saturated carbocycles. The maximum Gasteiger partial charge on any atom is 0.261 e. The van der Waals surface area contributed by atoms with Crippen LogP contribution in [0, 0.1) is 0 Å². The van der Waals surface area contributed by atoms with Crippen LogP contribution < -0.4 is 4.57 Å². The average molecular weight is 572 g/mol. The van der Waals surface area contributed by atoms with Gasteiger partial charge in [0.2, 0.25) is 0 Å². The summed E-state index contributed by atoms with van der Waals surface area (Å²) in [6.07, 6.45) is 28.8. The Hall–Kier alpha value is -2.35. The first kappa shape index (κ1) is 34.1. The molecule has 1 aromatic heterocycles. The van der Waals surface area contributed by atoms with E-state index in [0.717, 1.165) is 25.9 Å². The van der Waals surface area contributed by atoms with E-state index in [-0.39, 0.29) is 0 Å². The Kier molecular flexibility index (Phi) is 17.4. The first-order chi connectivity index (χ1) is 20.7. The van der Waals surface area contributed by atoms with Gasteiger partial charge in [-0.15, -0.1) is 0 Å². The Labute approximate surface area is 260 Å². The van der Waals surface area contributed by atoms with E-state index in [0.29, 0.717) is 5.92 Å². The van der Waals surface area contributed by atoms with Gasteiger partial charge in [0.15, 0.2) is 0 Å². The maximum atomic E-state index is 2.60. The second kappa shape index (κ2) is 21.4. The van der Waals surface area contributed by atoms with Gasteiger partial charge < -0.3 is 0 Å². The van der Waals surface area contributed by atoms with Crippen LogP contribution in [0.2, 0.25) is 0 Å². The summed E-state index contributed by atoms with van der Waals surface area (Å²) in [7, 11) is 0. The van der Waals surface area contributed by atoms with Crippen molar-refractivity contribution < 1.29 is 4.57 Å². The molecule has 42 heavy (non-hydrogen) atoms. The third-order valence-electron chi connectivity index (χ3n) is 9.20. The lowest BCUT2D eigenvalue weighted by atomic mass is 9.96. The molecule has 232 valence electrons. The number of aromatic nitrogens is 2. The van der Waals surface area contributed by atoms with Crippen molar-refractivity contribution in [3.8, 4) is 0 Å². The van der Waals surface area contributed by atoms with Gasteiger partial charge in [0.1, 0.15) is 11.9 Å². The van der Waals surface area contributed by atoms with Crippen LogP contribution >= 0.6 is 0 Å². The van der Waals surface area contributed by atoms with E-state index in [1.807, 2.05) is 0 Å². The molecule has 0 spiro atoms. The molecule has 0 aliphatic rings. The number of aryl methyl sites for hydroxylation is 1. The van der Waals surface area contributed by atoms with Crippen LogP contribution in [0.15, 0.2) is 66.9 Å². The normalized spacial score (nSPS) is 12.2. The number of rotatable bonds is 24. The van der Waals surface area contributed by atoms with Gasteiger partial charge in [-0.3, -0.25) is 0 Å². The first-order valence-electron chi connectivity index (χ1n) is 17.9. The summed E-state index contributed by atoms with van der Waals surface area (Å²) in [5.41, 5.74) is 4.32. The number of hydrogen-bond acceptors (Lipinski definition) is 0. The van der Waals surface area contributed by atoms with Crippen LogP contribution in [0.25, 0.3) is 0 Å². The van der Waals surface area contributed by atoms with E-state index < -0.39 is 0 Å². The highest BCUT2D eigenvalue weighted by Gasteiger charge is 2.24. The van der Waals surface area contributed by atoms with Crippen molar-refractivity contribution in [3.05, 3.63) is 89.5 Å². The number of nitrogens with zero attached hydrogens (tertiary/aromatic N) is 2. The molecule has 1 unspecified atom stereocenters. The Morgan fingerprint density at radius 3 is 1.57 bits per heavy atom. The van der Waals surface area contributed by atoms with Crippen LogP contribution in [-0.4, -0.2) is 4.57 Å². The second-order valence-corrected chi connectivity index (χ2v) is 12.8. The summed E-state index contributed by atoms with van der Waals surface area (Å²) in [5, 5.41) is 0. The summed E-state index contributed by atoms with van der Waals surface area (Å²) in [5.74, 6) is 1.99. The highest BCUT2D eigenvalue weighted by atomic mass is 15.2. The summed E-state index contributed by atoms with van der Waals surface area (Å²) in [6, 6.07) is 22.0. The van der Waals surface area contributed by atoms with E-state index >= 15 is 0 Å². The standard InChI is InChI=1S/C40H63N2/c1-4-6-7-8-9-10-11-12-13-14-15-16-17-18-19-20-27-32-41-35-39(33-36(3)38-30-25-22-26-31-38)42(5-2)40(41)34-37-28-23-21-24-29-37/h21-26,28-31,35-36H,4-20,27,32-34H2,1-3H3/q+1. The number of hydrogen-bond donors (Lipinski definition) is 0. The Bertz CT molecular complexity index is 1050. The Morgan fingerprint density at radius 2 is 1.07 bits per heavy atom. The van der Waals surface area contributed by atoms with E-state index in [9.17, 15) is 0 Å². The van der Waals surface area contributed by atoms with Crippen molar-refractivity contribution >= 4 is 0 Å². The van der Waals surface area contributed by atoms with Crippen LogP contribution in [0.5, 0.6) is 0 Å². The molecule has 3 rings (SSSR count). The molecule has 0 N–H and O–H groups in total. The van der Waals surface area contributed by atoms with Gasteiger partial charge in [0, 0.05) is 6.42 Å². The largest absolute Gasteiger partial charge is 0.261 e. The lowest BCUT2D eigenvalue weighted by molar-refractivity contribution is -0.704. The number of unbranched alkanes of at least 4 members (excludes halogenated alkanes) is 16. The van der Waals surface area contributed by atoms with E-state index in [1.54, 1.807) is 0 Å². The predicted molar refractivity (Wildman–Crippen MR) is 182 cm³/mol. The van der Waals surface area contributed by atoms with Gasteiger partial charge >= 0.3 is 0 Å². The summed E-state index contributed by atoms with van der Waals surface area (Å²) in [4.78, 5) is 0. The molecule has 1 heterocycles. The minimum atomic E-state index is 0.518. The number of imidazole rings is 1. The first-order valence-corrected chi connectivity index (χ1v) is 17.9. The monoisotopic (exact) mass is 571 g/mol. The van der Waals surface area contributed by atoms with Crippen LogP contribution in [-0.2, 0) is 25.9 Å². The Balaban J connectivity index is 1.37. The van der Waals surface area contributed by atoms with Crippen LogP contribution in [0.1, 0.15) is 158 Å². The molecule has 0 aliphatic heterocycles. The van der Waals surface area contributed by atoms with Crippen LogP contribution in [0.3, 0.4) is 0 Å². The van der Waals surface area contributed by atoms with Crippen molar-refractivity contribution in [2.75, 3.05) is 0 Å². The quantitative estimate of drug-likeness (QED) is 0.0747. The van der Waals surface area contributed by atoms with Gasteiger partial charge in [-0.05, 0) is 36.8 Å². The van der Waals surface area contributed by atoms with E-state index in [4.69, 9.17) is 0 Å². The maximum absolute atomic E-state index is 2.60. The highest BCUT2D eigenvalue weighted by Crippen LogP contribution is 2.22. The molecule has 2 aromatic carbocycles. The van der Waals surface area contributed by atoms with Crippen molar-refractivity contribution in [2.24, 2.45) is 0 Å². The van der Waals surface area contributed by atoms with Gasteiger partial charge in [0.25, 0.3) is 5.82 Å². The zero-order valence-corrected chi connectivity index (χ0v) is 27.7. The number of benzene rings is 2. The second-order valence-electron chi connectivity index (χ2n) is 12.8. The molecular formula is C40H63N2+. The molecule has 3 aromatic rings. The van der Waals surface area contributed by atoms with Crippen molar-refractivity contribution in [2.45, 2.75) is 162 Å². The van der Waals surface area contributed by atoms with Crippen molar-refractivity contribution in [3.63, 3.8) is 0 Å². The van der Waals surface area contributed by atoms with Crippen LogP contribution in [0.4, 0.5) is 0 Å². The summed E-state index contributed by atoms with van der Waals surface area (Å²) >= 11 is 0. The molecule has 0 fully saturated rings. The predicted octanol–water partition coefficient (Wildman–Crippen LogP) is 11.4. The smallest absolute Gasteiger partial charge is 0.234 e. The Morgan fingerprint density at radius 1 is 0.595 bits per heavy atom. The lowest BCUT2D eigenvalue weighted by Gasteiger charge is -2.11. The minimum Gasteiger partial charge on any atom is -0.234 e. The molecule has 0 bridgehead atoms. The topological polar surface area (TPSA) is 8.81 Å². The highest BCUT2D eigenvalue weighted by molar-refractivity contribution is 5.22. The fraction of sp³-hybridized carbons (Fsp3) is 0.625. The zero-order valence-electron chi connectivity index (χ0n) is 27.7. The average Bonchev–Trinajstić information content (AvgIpc) is 3.34. The van der Waals surface area contributed by atoms with Crippen molar-refractivity contribution in [1.29, 1.82) is 0 Å². The minimum absolute atomic E-state index is 0.518.